The Morgan fingerprint density at radius 3 is 2.52 bits per heavy atom. The summed E-state index contributed by atoms with van der Waals surface area (Å²) in [6, 6.07) is 20.8. The van der Waals surface area contributed by atoms with Gasteiger partial charge in [-0.3, -0.25) is 0 Å². The van der Waals surface area contributed by atoms with Crippen LogP contribution in [0, 0.1) is 3.57 Å². The molecule has 0 radical (unpaired) electrons. The molecule has 0 aliphatic rings. The first-order chi connectivity index (χ1) is 14.1. The monoisotopic (exact) mass is 503 g/mol. The molecule has 3 aromatic carbocycles. The number of carboxylic acid groups (broad SMARTS) is 1. The summed E-state index contributed by atoms with van der Waals surface area (Å²) in [5.41, 5.74) is 3.12. The molecule has 0 bridgehead atoms. The molecule has 3 aromatic rings. The molecule has 0 fully saturated rings. The third-order valence-electron chi connectivity index (χ3n) is 4.20. The molecule has 0 aliphatic heterocycles. The van der Waals surface area contributed by atoms with Crippen LogP contribution in [0.25, 0.3) is 0 Å². The number of carboxylic acids is 1. The van der Waals surface area contributed by atoms with Crippen molar-refractivity contribution in [2.24, 2.45) is 0 Å². The van der Waals surface area contributed by atoms with Crippen LogP contribution in [0.1, 0.15) is 28.4 Å². The van der Waals surface area contributed by atoms with Crippen LogP contribution < -0.4 is 14.8 Å². The second-order valence-electron chi connectivity index (χ2n) is 6.35. The molecule has 0 spiro atoms. The molecule has 0 amide bonds. The predicted octanol–water partition coefficient (Wildman–Crippen LogP) is 5.58. The van der Waals surface area contributed by atoms with Crippen molar-refractivity contribution in [2.45, 2.75) is 20.1 Å². The molecule has 0 saturated carbocycles. The summed E-state index contributed by atoms with van der Waals surface area (Å²) in [5, 5.41) is 12.4. The van der Waals surface area contributed by atoms with Crippen molar-refractivity contribution >= 4 is 34.2 Å². The zero-order valence-electron chi connectivity index (χ0n) is 16.0. The van der Waals surface area contributed by atoms with Gasteiger partial charge in [0.25, 0.3) is 0 Å². The Kier molecular flexibility index (Phi) is 7.35. The quantitative estimate of drug-likeness (QED) is 0.374. The topological polar surface area (TPSA) is 67.8 Å². The summed E-state index contributed by atoms with van der Waals surface area (Å²) in [5.74, 6) is 0.487. The Labute approximate surface area is 183 Å². The van der Waals surface area contributed by atoms with Gasteiger partial charge in [0.15, 0.2) is 11.5 Å². The van der Waals surface area contributed by atoms with Gasteiger partial charge in [0.05, 0.1) is 15.7 Å². The first-order valence-electron chi connectivity index (χ1n) is 9.26. The van der Waals surface area contributed by atoms with Crippen LogP contribution in [0.4, 0.5) is 5.69 Å². The van der Waals surface area contributed by atoms with Gasteiger partial charge in [-0.1, -0.05) is 36.4 Å². The highest BCUT2D eigenvalue weighted by Gasteiger charge is 2.13. The maximum atomic E-state index is 11.1. The molecular weight excluding hydrogens is 481 g/mol. The minimum atomic E-state index is -0.943. The highest BCUT2D eigenvalue weighted by atomic mass is 127. The van der Waals surface area contributed by atoms with Crippen LogP contribution in [0.3, 0.4) is 0 Å². The zero-order valence-corrected chi connectivity index (χ0v) is 18.2. The third-order valence-corrected chi connectivity index (χ3v) is 5.00. The van der Waals surface area contributed by atoms with Crippen LogP contribution >= 0.6 is 22.6 Å². The minimum Gasteiger partial charge on any atom is -0.490 e. The van der Waals surface area contributed by atoms with E-state index in [2.05, 4.69) is 27.9 Å². The van der Waals surface area contributed by atoms with Crippen molar-refractivity contribution in [3.63, 3.8) is 0 Å². The summed E-state index contributed by atoms with van der Waals surface area (Å²) in [7, 11) is 0. The summed E-state index contributed by atoms with van der Waals surface area (Å²) in [4.78, 5) is 11.1. The molecule has 5 nitrogen and oxygen atoms in total. The van der Waals surface area contributed by atoms with E-state index in [9.17, 15) is 4.79 Å². The zero-order chi connectivity index (χ0) is 20.6. The number of nitrogens with one attached hydrogen (secondary N) is 1. The largest absolute Gasteiger partial charge is 0.490 e. The van der Waals surface area contributed by atoms with Crippen LogP contribution in [-0.2, 0) is 13.2 Å². The molecule has 2 N–H and O–H groups in total. The highest BCUT2D eigenvalue weighted by Crippen LogP contribution is 2.35. The number of anilines is 1. The van der Waals surface area contributed by atoms with Gasteiger partial charge in [0, 0.05) is 12.2 Å². The second-order valence-corrected chi connectivity index (χ2v) is 7.51. The van der Waals surface area contributed by atoms with Crippen molar-refractivity contribution in [1.29, 1.82) is 0 Å². The Morgan fingerprint density at radius 2 is 1.79 bits per heavy atom. The van der Waals surface area contributed by atoms with Gasteiger partial charge in [0.2, 0.25) is 0 Å². The fraction of sp³-hybridized carbons (Fsp3) is 0.174. The first kappa shape index (κ1) is 21.0. The first-order valence-corrected chi connectivity index (χ1v) is 10.3. The molecule has 0 heterocycles. The smallest absolute Gasteiger partial charge is 0.335 e. The molecule has 0 aromatic heterocycles. The molecule has 0 unspecified atom stereocenters. The van der Waals surface area contributed by atoms with Crippen molar-refractivity contribution in [3.05, 3.63) is 87.0 Å². The van der Waals surface area contributed by atoms with Crippen LogP contribution in [0.5, 0.6) is 11.5 Å². The molecule has 150 valence electrons. The van der Waals surface area contributed by atoms with Crippen LogP contribution in [-0.4, -0.2) is 17.7 Å². The average Bonchev–Trinajstić information content (AvgIpc) is 2.73. The number of hydrogen-bond acceptors (Lipinski definition) is 4. The van der Waals surface area contributed by atoms with E-state index >= 15 is 0 Å². The molecular formula is C23H22INO4. The fourth-order valence-electron chi connectivity index (χ4n) is 2.82. The SMILES string of the molecule is CCOc1cc(CNc2cccc(C(=O)O)c2)cc(I)c1OCc1ccccc1. The number of ether oxygens (including phenoxy) is 2. The van der Waals surface area contributed by atoms with Crippen molar-refractivity contribution in [2.75, 3.05) is 11.9 Å². The summed E-state index contributed by atoms with van der Waals surface area (Å²) >= 11 is 2.25. The standard InChI is InChI=1S/C23H22INO4/c1-2-28-21-12-17(14-25-19-10-6-9-18(13-19)23(26)27)11-20(24)22(21)29-15-16-7-4-3-5-8-16/h3-13,25H,2,14-15H2,1H3,(H,26,27). The van der Waals surface area contributed by atoms with E-state index in [1.807, 2.05) is 55.5 Å². The van der Waals surface area contributed by atoms with Gasteiger partial charge in [0.1, 0.15) is 6.61 Å². The lowest BCUT2D eigenvalue weighted by molar-refractivity contribution is 0.0697. The minimum absolute atomic E-state index is 0.254. The molecule has 3 rings (SSSR count). The van der Waals surface area contributed by atoms with E-state index in [1.165, 1.54) is 0 Å². The van der Waals surface area contributed by atoms with Crippen molar-refractivity contribution in [1.82, 2.24) is 0 Å². The van der Waals surface area contributed by atoms with E-state index in [1.54, 1.807) is 18.2 Å². The lowest BCUT2D eigenvalue weighted by Gasteiger charge is -2.16. The maximum absolute atomic E-state index is 11.1. The Morgan fingerprint density at radius 1 is 1.00 bits per heavy atom. The lowest BCUT2D eigenvalue weighted by Crippen LogP contribution is -2.05. The van der Waals surface area contributed by atoms with Gasteiger partial charge < -0.3 is 19.9 Å². The molecule has 29 heavy (non-hydrogen) atoms. The molecule has 0 saturated heterocycles. The number of rotatable bonds is 9. The summed E-state index contributed by atoms with van der Waals surface area (Å²) < 4.78 is 12.8. The number of carbonyl (C=O) groups is 1. The third kappa shape index (κ3) is 5.87. The van der Waals surface area contributed by atoms with E-state index in [-0.39, 0.29) is 5.56 Å². The van der Waals surface area contributed by atoms with Crippen LogP contribution in [0.2, 0.25) is 0 Å². The highest BCUT2D eigenvalue weighted by molar-refractivity contribution is 14.1. The Hall–Kier alpha value is -2.74. The normalized spacial score (nSPS) is 10.4. The van der Waals surface area contributed by atoms with Gasteiger partial charge in [-0.2, -0.15) is 0 Å². The Bertz CT molecular complexity index is 976. The molecule has 6 heteroatoms. The van der Waals surface area contributed by atoms with Gasteiger partial charge >= 0.3 is 5.97 Å². The van der Waals surface area contributed by atoms with Gasteiger partial charge in [-0.25, -0.2) is 4.79 Å². The second kappa shape index (κ2) is 10.2. The number of aromatic carboxylic acids is 1. The number of halogens is 1. The van der Waals surface area contributed by atoms with E-state index < -0.39 is 5.97 Å². The van der Waals surface area contributed by atoms with E-state index in [0.717, 1.165) is 26.1 Å². The van der Waals surface area contributed by atoms with Gasteiger partial charge in [-0.05, 0) is 71.0 Å². The molecule has 0 aliphatic carbocycles. The predicted molar refractivity (Wildman–Crippen MR) is 122 cm³/mol. The van der Waals surface area contributed by atoms with E-state index in [4.69, 9.17) is 14.6 Å². The van der Waals surface area contributed by atoms with Crippen LogP contribution in [0.15, 0.2) is 66.7 Å². The van der Waals surface area contributed by atoms with Crippen molar-refractivity contribution in [3.8, 4) is 11.5 Å². The summed E-state index contributed by atoms with van der Waals surface area (Å²) in [6.07, 6.45) is 0. The average molecular weight is 503 g/mol. The van der Waals surface area contributed by atoms with Crippen molar-refractivity contribution < 1.29 is 19.4 Å². The summed E-state index contributed by atoms with van der Waals surface area (Å²) in [6.45, 7) is 3.49. The Balaban J connectivity index is 1.74. The fourth-order valence-corrected chi connectivity index (χ4v) is 3.64. The number of hydrogen-bond donors (Lipinski definition) is 2. The maximum Gasteiger partial charge on any atom is 0.335 e. The van der Waals surface area contributed by atoms with E-state index in [0.29, 0.717) is 25.5 Å². The van der Waals surface area contributed by atoms with Gasteiger partial charge in [-0.15, -0.1) is 0 Å². The molecule has 0 atom stereocenters. The lowest BCUT2D eigenvalue weighted by atomic mass is 10.1. The number of benzene rings is 3.